The van der Waals surface area contributed by atoms with Crippen LogP contribution in [0.4, 0.5) is 0 Å². The molecule has 0 rings (SSSR count). The lowest BCUT2D eigenvalue weighted by Gasteiger charge is -2.07. The monoisotopic (exact) mass is 155 g/mol. The van der Waals surface area contributed by atoms with Crippen LogP contribution in [-0.2, 0) is 0 Å². The third-order valence-corrected chi connectivity index (χ3v) is 1.33. The summed E-state index contributed by atoms with van der Waals surface area (Å²) in [5.41, 5.74) is 0. The summed E-state index contributed by atoms with van der Waals surface area (Å²) in [4.78, 5) is 0. The Balaban J connectivity index is 3.89. The molecule has 0 saturated heterocycles. The van der Waals surface area contributed by atoms with E-state index in [1.165, 1.54) is 0 Å². The van der Waals surface area contributed by atoms with E-state index in [9.17, 15) is 0 Å². The summed E-state index contributed by atoms with van der Waals surface area (Å²) in [6.45, 7) is 10.5. The summed E-state index contributed by atoms with van der Waals surface area (Å²) in [6.07, 6.45) is 0. The van der Waals surface area contributed by atoms with Gasteiger partial charge in [0.05, 0.1) is 13.1 Å². The second-order valence-corrected chi connectivity index (χ2v) is 3.80. The van der Waals surface area contributed by atoms with Crippen LogP contribution >= 0.6 is 0 Å². The van der Waals surface area contributed by atoms with E-state index in [1.54, 1.807) is 0 Å². The fourth-order valence-electron chi connectivity index (χ4n) is 1.05. The van der Waals surface area contributed by atoms with Gasteiger partial charge in [-0.25, -0.2) is 4.58 Å². The van der Waals surface area contributed by atoms with Gasteiger partial charge in [0.15, 0.2) is 0 Å². The minimum Gasteiger partial charge on any atom is -0.220 e. The summed E-state index contributed by atoms with van der Waals surface area (Å²) in [5.74, 6) is 1.23. The maximum Gasteiger partial charge on any atom is 0.303 e. The van der Waals surface area contributed by atoms with Crippen molar-refractivity contribution in [1.82, 2.24) is 0 Å². The van der Waals surface area contributed by atoms with Crippen molar-refractivity contribution in [3.63, 3.8) is 0 Å². The topological polar surface area (TPSA) is 26.9 Å². The Hall–Kier alpha value is -0.620. The molecule has 0 aromatic carbocycles. The van der Waals surface area contributed by atoms with Gasteiger partial charge in [-0.1, -0.05) is 33.1 Å². The molecule has 11 heavy (non-hydrogen) atoms. The lowest BCUT2D eigenvalue weighted by atomic mass is 10.2. The molecule has 0 unspecified atom stereocenters. The van der Waals surface area contributed by atoms with Gasteiger partial charge < -0.3 is 0 Å². The molecule has 0 atom stereocenters. The number of rotatable bonds is 4. The molecule has 0 aliphatic carbocycles. The summed E-state index contributed by atoms with van der Waals surface area (Å²) >= 11 is 0. The maximum atomic E-state index is 7.02. The molecular formula is C9H19N2+. The molecule has 2 heteroatoms. The maximum absolute atomic E-state index is 7.02. The van der Waals surface area contributed by atoms with Crippen molar-refractivity contribution in [2.45, 2.75) is 27.7 Å². The molecule has 0 bridgehead atoms. The summed E-state index contributed by atoms with van der Waals surface area (Å²) in [6, 6.07) is 2.45. The fraction of sp³-hybridized carbons (Fsp3) is 0.889. The van der Waals surface area contributed by atoms with Crippen molar-refractivity contribution in [2.75, 3.05) is 13.1 Å². The van der Waals surface area contributed by atoms with Crippen LogP contribution in [0.2, 0.25) is 0 Å². The van der Waals surface area contributed by atoms with Gasteiger partial charge >= 0.3 is 6.01 Å². The zero-order valence-corrected chi connectivity index (χ0v) is 8.02. The first-order chi connectivity index (χ1) is 5.06. The van der Waals surface area contributed by atoms with Gasteiger partial charge in [-0.3, -0.25) is 0 Å². The van der Waals surface area contributed by atoms with E-state index in [4.69, 9.17) is 5.41 Å². The van der Waals surface area contributed by atoms with Crippen LogP contribution in [0.5, 0.6) is 0 Å². The lowest BCUT2D eigenvalue weighted by molar-refractivity contribution is -0.534. The Morgan fingerprint density at radius 3 is 1.64 bits per heavy atom. The first-order valence-corrected chi connectivity index (χ1v) is 4.23. The summed E-state index contributed by atoms with van der Waals surface area (Å²) in [7, 11) is 0. The summed E-state index contributed by atoms with van der Waals surface area (Å²) in [5, 5.41) is 7.02. The van der Waals surface area contributed by atoms with Gasteiger partial charge in [0.2, 0.25) is 0 Å². The molecular weight excluding hydrogens is 136 g/mol. The van der Waals surface area contributed by atoms with E-state index in [0.717, 1.165) is 13.1 Å². The first kappa shape index (κ1) is 10.4. The molecule has 64 valence electrons. The van der Waals surface area contributed by atoms with Crippen molar-refractivity contribution in [3.8, 4) is 0 Å². The van der Waals surface area contributed by atoms with Crippen LogP contribution < -0.4 is 0 Å². The van der Waals surface area contributed by atoms with Crippen molar-refractivity contribution in [1.29, 1.82) is 5.41 Å². The van der Waals surface area contributed by atoms with Crippen LogP contribution in [-0.4, -0.2) is 23.7 Å². The highest BCUT2D eigenvalue weighted by Gasteiger charge is 2.05. The van der Waals surface area contributed by atoms with Gasteiger partial charge in [-0.05, 0) is 11.8 Å². The minimum absolute atomic E-state index is 0.617. The van der Waals surface area contributed by atoms with Crippen LogP contribution in [0.25, 0.3) is 0 Å². The molecule has 0 aliphatic rings. The zero-order chi connectivity index (χ0) is 8.85. The van der Waals surface area contributed by atoms with Gasteiger partial charge in [-0.2, -0.15) is 0 Å². The predicted molar refractivity (Wildman–Crippen MR) is 47.4 cm³/mol. The average Bonchev–Trinajstić information content (AvgIpc) is 1.84. The minimum atomic E-state index is 0.617. The number of hydrogen-bond donors (Lipinski definition) is 1. The van der Waals surface area contributed by atoms with Crippen molar-refractivity contribution in [2.24, 2.45) is 11.8 Å². The standard InChI is InChI=1S/C9H19N2/c1-8(2)5-11(7-10)6-9(3)4/h8-10H,5-6H2,1-4H3/q+1. The van der Waals surface area contributed by atoms with Crippen molar-refractivity contribution < 1.29 is 4.58 Å². The first-order valence-electron chi connectivity index (χ1n) is 4.23. The second kappa shape index (κ2) is 5.09. The smallest absolute Gasteiger partial charge is 0.220 e. The highest BCUT2D eigenvalue weighted by Crippen LogP contribution is 1.96. The number of nitrogens with zero attached hydrogens (tertiary/aromatic N) is 1. The zero-order valence-electron chi connectivity index (χ0n) is 8.02. The molecule has 0 heterocycles. The third-order valence-electron chi connectivity index (χ3n) is 1.33. The normalized spacial score (nSPS) is 10.4. The van der Waals surface area contributed by atoms with Crippen molar-refractivity contribution >= 4 is 6.01 Å². The molecule has 0 fully saturated rings. The van der Waals surface area contributed by atoms with E-state index in [2.05, 4.69) is 33.7 Å². The van der Waals surface area contributed by atoms with E-state index >= 15 is 0 Å². The molecule has 0 amide bonds. The average molecular weight is 155 g/mol. The lowest BCUT2D eigenvalue weighted by Crippen LogP contribution is -2.21. The molecule has 1 N–H and O–H groups in total. The molecule has 0 spiro atoms. The van der Waals surface area contributed by atoms with Crippen LogP contribution in [0.1, 0.15) is 27.7 Å². The number of nitrogens with one attached hydrogen (secondary N) is 1. The Labute approximate surface area is 69.4 Å². The Morgan fingerprint density at radius 2 is 1.45 bits per heavy atom. The van der Waals surface area contributed by atoms with Gasteiger partial charge in [0.1, 0.15) is 0 Å². The molecule has 0 aromatic heterocycles. The predicted octanol–water partition coefficient (Wildman–Crippen LogP) is 2.06. The Morgan fingerprint density at radius 1 is 1.09 bits per heavy atom. The fourth-order valence-corrected chi connectivity index (χ4v) is 1.05. The van der Waals surface area contributed by atoms with E-state index in [1.807, 2.05) is 4.58 Å². The number of hydrogen-bond acceptors (Lipinski definition) is 1. The Kier molecular flexibility index (Phi) is 4.80. The van der Waals surface area contributed by atoms with Crippen LogP contribution in [0.3, 0.4) is 0 Å². The second-order valence-electron chi connectivity index (χ2n) is 3.80. The quantitative estimate of drug-likeness (QED) is 0.475. The van der Waals surface area contributed by atoms with E-state index in [0.29, 0.717) is 11.8 Å². The molecule has 2 nitrogen and oxygen atoms in total. The highest BCUT2D eigenvalue weighted by atomic mass is 15.0. The largest absolute Gasteiger partial charge is 0.303 e. The molecule has 0 radical (unpaired) electrons. The van der Waals surface area contributed by atoms with Gasteiger partial charge in [-0.15, -0.1) is 0 Å². The van der Waals surface area contributed by atoms with Crippen LogP contribution in [0.15, 0.2) is 0 Å². The molecule has 0 saturated carbocycles. The van der Waals surface area contributed by atoms with Crippen LogP contribution in [0, 0.1) is 17.2 Å². The highest BCUT2D eigenvalue weighted by molar-refractivity contribution is 5.27. The van der Waals surface area contributed by atoms with Crippen molar-refractivity contribution in [3.05, 3.63) is 0 Å². The van der Waals surface area contributed by atoms with E-state index in [-0.39, 0.29) is 0 Å². The van der Waals surface area contributed by atoms with Gasteiger partial charge in [0.25, 0.3) is 0 Å². The summed E-state index contributed by atoms with van der Waals surface area (Å²) < 4.78 is 1.94. The molecule has 0 aromatic rings. The molecule has 0 aliphatic heterocycles. The third kappa shape index (κ3) is 5.81. The Bertz CT molecular complexity index is 141. The van der Waals surface area contributed by atoms with E-state index < -0.39 is 0 Å². The van der Waals surface area contributed by atoms with Gasteiger partial charge in [0, 0.05) is 0 Å². The SMILES string of the molecule is CC(C)C[N+](=C=N)CC(C)C.